The first-order valence-corrected chi connectivity index (χ1v) is 4.54. The molecule has 2 aromatic rings. The van der Waals surface area contributed by atoms with Gasteiger partial charge in [0.25, 0.3) is 0 Å². The number of para-hydroxylation sites is 1. The molecule has 0 saturated carbocycles. The van der Waals surface area contributed by atoms with Crippen LogP contribution in [0.5, 0.6) is 11.5 Å². The van der Waals surface area contributed by atoms with Gasteiger partial charge >= 0.3 is 0 Å². The van der Waals surface area contributed by atoms with Crippen molar-refractivity contribution >= 4 is 5.82 Å². The highest BCUT2D eigenvalue weighted by Crippen LogP contribution is 2.39. The zero-order valence-electron chi connectivity index (χ0n) is 7.86. The second-order valence-electron chi connectivity index (χ2n) is 3.23. The van der Waals surface area contributed by atoms with Crippen LogP contribution in [0.15, 0.2) is 24.4 Å². The molecule has 1 aromatic carbocycles. The third-order valence-corrected chi connectivity index (χ3v) is 2.25. The van der Waals surface area contributed by atoms with Crippen molar-refractivity contribution in [2.75, 3.05) is 12.5 Å². The van der Waals surface area contributed by atoms with Gasteiger partial charge in [-0.05, 0) is 12.1 Å². The van der Waals surface area contributed by atoms with E-state index in [1.54, 1.807) is 6.20 Å². The minimum absolute atomic E-state index is 0.253. The number of aromatic amines is 1. The Labute approximate surface area is 85.8 Å². The van der Waals surface area contributed by atoms with E-state index in [1.807, 2.05) is 18.2 Å². The van der Waals surface area contributed by atoms with Gasteiger partial charge in [0, 0.05) is 0 Å². The fraction of sp³-hybridized carbons (Fsp3) is 0.100. The molecule has 2 heterocycles. The van der Waals surface area contributed by atoms with Crippen molar-refractivity contribution in [2.24, 2.45) is 0 Å². The first-order valence-electron chi connectivity index (χ1n) is 4.54. The number of nitrogen functional groups attached to an aromatic ring is 1. The molecule has 1 aromatic heterocycles. The number of anilines is 1. The van der Waals surface area contributed by atoms with E-state index < -0.39 is 0 Å². The number of rotatable bonds is 1. The molecule has 0 fully saturated rings. The monoisotopic (exact) mass is 203 g/mol. The molecule has 1 aliphatic rings. The predicted molar refractivity (Wildman–Crippen MR) is 54.6 cm³/mol. The maximum absolute atomic E-state index is 5.57. The molecular formula is C10H9N3O2. The highest BCUT2D eigenvalue weighted by atomic mass is 16.7. The van der Waals surface area contributed by atoms with E-state index in [-0.39, 0.29) is 6.79 Å². The van der Waals surface area contributed by atoms with Crippen molar-refractivity contribution in [3.05, 3.63) is 24.4 Å². The van der Waals surface area contributed by atoms with Crippen molar-refractivity contribution in [1.82, 2.24) is 9.97 Å². The van der Waals surface area contributed by atoms with Crippen LogP contribution in [-0.4, -0.2) is 16.8 Å². The van der Waals surface area contributed by atoms with E-state index in [2.05, 4.69) is 9.97 Å². The van der Waals surface area contributed by atoms with Crippen LogP contribution in [0.25, 0.3) is 11.4 Å². The lowest BCUT2D eigenvalue weighted by Gasteiger charge is -2.01. The zero-order chi connectivity index (χ0) is 10.3. The predicted octanol–water partition coefficient (Wildman–Crippen LogP) is 1.39. The van der Waals surface area contributed by atoms with Crippen LogP contribution >= 0.6 is 0 Å². The van der Waals surface area contributed by atoms with Gasteiger partial charge in [-0.2, -0.15) is 0 Å². The van der Waals surface area contributed by atoms with E-state index in [0.29, 0.717) is 17.4 Å². The van der Waals surface area contributed by atoms with E-state index in [9.17, 15) is 0 Å². The summed E-state index contributed by atoms with van der Waals surface area (Å²) >= 11 is 0. The molecule has 0 radical (unpaired) electrons. The Balaban J connectivity index is 2.16. The molecule has 0 spiro atoms. The van der Waals surface area contributed by atoms with Gasteiger partial charge in [0.15, 0.2) is 11.5 Å². The van der Waals surface area contributed by atoms with Gasteiger partial charge in [-0.1, -0.05) is 6.07 Å². The van der Waals surface area contributed by atoms with Crippen molar-refractivity contribution < 1.29 is 9.47 Å². The van der Waals surface area contributed by atoms with Gasteiger partial charge < -0.3 is 20.2 Å². The normalized spacial score (nSPS) is 13.1. The molecule has 0 unspecified atom stereocenters. The lowest BCUT2D eigenvalue weighted by molar-refractivity contribution is 0.174. The lowest BCUT2D eigenvalue weighted by atomic mass is 10.2. The number of fused-ring (bicyclic) bond motifs is 1. The fourth-order valence-corrected chi connectivity index (χ4v) is 1.59. The van der Waals surface area contributed by atoms with E-state index in [0.717, 1.165) is 11.3 Å². The minimum Gasteiger partial charge on any atom is -0.454 e. The summed E-state index contributed by atoms with van der Waals surface area (Å²) in [6, 6.07) is 5.66. The first-order chi connectivity index (χ1) is 7.34. The molecule has 5 heteroatoms. The summed E-state index contributed by atoms with van der Waals surface area (Å²) in [5, 5.41) is 0. The lowest BCUT2D eigenvalue weighted by Crippen LogP contribution is -1.93. The summed E-state index contributed by atoms with van der Waals surface area (Å²) in [6.45, 7) is 0.253. The highest BCUT2D eigenvalue weighted by molar-refractivity contribution is 5.70. The van der Waals surface area contributed by atoms with Gasteiger partial charge in [-0.15, -0.1) is 0 Å². The molecule has 15 heavy (non-hydrogen) atoms. The first kappa shape index (κ1) is 8.16. The molecule has 76 valence electrons. The Morgan fingerprint density at radius 3 is 3.07 bits per heavy atom. The Bertz CT molecular complexity index is 507. The number of hydrogen-bond donors (Lipinski definition) is 2. The van der Waals surface area contributed by atoms with Crippen LogP contribution in [0.4, 0.5) is 5.82 Å². The standard InChI is InChI=1S/C10H9N3O2/c11-8-4-12-10(13-8)6-2-1-3-7-9(6)15-5-14-7/h1-4H,5,11H2,(H,12,13). The molecule has 0 atom stereocenters. The number of nitrogens with two attached hydrogens (primary N) is 1. The number of aromatic nitrogens is 2. The third kappa shape index (κ3) is 1.20. The number of benzene rings is 1. The molecule has 0 bridgehead atoms. The van der Waals surface area contributed by atoms with Crippen molar-refractivity contribution in [1.29, 1.82) is 0 Å². The van der Waals surface area contributed by atoms with Gasteiger partial charge in [0.2, 0.25) is 6.79 Å². The molecule has 3 rings (SSSR count). The van der Waals surface area contributed by atoms with Crippen LogP contribution in [0.2, 0.25) is 0 Å². The number of ether oxygens (including phenoxy) is 2. The number of nitrogens with zero attached hydrogens (tertiary/aromatic N) is 1. The molecule has 0 amide bonds. The second-order valence-corrected chi connectivity index (χ2v) is 3.23. The van der Waals surface area contributed by atoms with E-state index >= 15 is 0 Å². The molecule has 0 aliphatic carbocycles. The second kappa shape index (κ2) is 2.91. The Morgan fingerprint density at radius 2 is 2.27 bits per heavy atom. The van der Waals surface area contributed by atoms with Crippen molar-refractivity contribution in [3.63, 3.8) is 0 Å². The van der Waals surface area contributed by atoms with E-state index in [1.165, 1.54) is 0 Å². The number of nitrogens with one attached hydrogen (secondary N) is 1. The molecule has 1 aliphatic heterocycles. The Kier molecular flexibility index (Phi) is 1.58. The van der Waals surface area contributed by atoms with Gasteiger partial charge in [0.1, 0.15) is 11.6 Å². The average molecular weight is 203 g/mol. The highest BCUT2D eigenvalue weighted by Gasteiger charge is 2.19. The number of imidazole rings is 1. The van der Waals surface area contributed by atoms with Crippen molar-refractivity contribution in [2.45, 2.75) is 0 Å². The maximum Gasteiger partial charge on any atom is 0.231 e. The summed E-state index contributed by atoms with van der Waals surface area (Å²) in [7, 11) is 0. The van der Waals surface area contributed by atoms with Gasteiger partial charge in [-0.3, -0.25) is 0 Å². The average Bonchev–Trinajstić information content (AvgIpc) is 2.84. The topological polar surface area (TPSA) is 73.2 Å². The SMILES string of the molecule is Nc1cnc(-c2cccc3c2OCO3)[nH]1. The fourth-order valence-electron chi connectivity index (χ4n) is 1.59. The third-order valence-electron chi connectivity index (χ3n) is 2.25. The summed E-state index contributed by atoms with van der Waals surface area (Å²) in [5.74, 6) is 2.67. The van der Waals surface area contributed by atoms with Gasteiger partial charge in [0.05, 0.1) is 11.8 Å². The van der Waals surface area contributed by atoms with Gasteiger partial charge in [-0.25, -0.2) is 4.98 Å². The molecule has 3 N–H and O–H groups in total. The largest absolute Gasteiger partial charge is 0.454 e. The van der Waals surface area contributed by atoms with Crippen LogP contribution in [0.3, 0.4) is 0 Å². The van der Waals surface area contributed by atoms with Crippen molar-refractivity contribution in [3.8, 4) is 22.9 Å². The summed E-state index contributed by atoms with van der Waals surface area (Å²) in [6.07, 6.45) is 1.57. The molecule has 0 saturated heterocycles. The van der Waals surface area contributed by atoms with Crippen LogP contribution in [-0.2, 0) is 0 Å². The maximum atomic E-state index is 5.57. The Hall–Kier alpha value is -2.17. The summed E-state index contributed by atoms with van der Waals surface area (Å²) in [4.78, 5) is 7.10. The van der Waals surface area contributed by atoms with Crippen LogP contribution in [0, 0.1) is 0 Å². The van der Waals surface area contributed by atoms with Crippen LogP contribution < -0.4 is 15.2 Å². The number of H-pyrrole nitrogens is 1. The zero-order valence-corrected chi connectivity index (χ0v) is 7.86. The summed E-state index contributed by atoms with van der Waals surface area (Å²) in [5.41, 5.74) is 6.43. The van der Waals surface area contributed by atoms with E-state index in [4.69, 9.17) is 15.2 Å². The Morgan fingerprint density at radius 1 is 1.33 bits per heavy atom. The quantitative estimate of drug-likeness (QED) is 0.734. The summed E-state index contributed by atoms with van der Waals surface area (Å²) < 4.78 is 10.6. The number of hydrogen-bond acceptors (Lipinski definition) is 4. The molecule has 5 nitrogen and oxygen atoms in total. The molecular weight excluding hydrogens is 194 g/mol. The van der Waals surface area contributed by atoms with Crippen LogP contribution in [0.1, 0.15) is 0 Å². The smallest absolute Gasteiger partial charge is 0.231 e. The minimum atomic E-state index is 0.253.